The molecule has 19 heavy (non-hydrogen) atoms. The summed E-state index contributed by atoms with van der Waals surface area (Å²) in [5.74, 6) is -0.428. The first kappa shape index (κ1) is 12.7. The highest BCUT2D eigenvalue weighted by Gasteiger charge is 2.20. The molecule has 0 aliphatic heterocycles. The van der Waals surface area contributed by atoms with Crippen molar-refractivity contribution >= 4 is 11.8 Å². The highest BCUT2D eigenvalue weighted by molar-refractivity contribution is 5.81. The summed E-state index contributed by atoms with van der Waals surface area (Å²) >= 11 is 0. The predicted molar refractivity (Wildman–Crippen MR) is 63.8 cm³/mol. The molecular formula is C10H11N5O4. The zero-order valence-electron chi connectivity index (χ0n) is 10.3. The molecule has 2 aromatic heterocycles. The number of hydrogen-bond donors (Lipinski definition) is 1. The van der Waals surface area contributed by atoms with Crippen LogP contribution in [0.5, 0.6) is 0 Å². The number of rotatable bonds is 4. The van der Waals surface area contributed by atoms with E-state index in [4.69, 9.17) is 4.42 Å². The number of amides is 1. The molecule has 0 saturated carbocycles. The van der Waals surface area contributed by atoms with Crippen molar-refractivity contribution in [2.24, 2.45) is 0 Å². The summed E-state index contributed by atoms with van der Waals surface area (Å²) in [6.07, 6.45) is 0.525. The quantitative estimate of drug-likeness (QED) is 0.653. The largest absolute Gasteiger partial charge is 0.433 e. The Morgan fingerprint density at radius 1 is 1.58 bits per heavy atom. The third-order valence-corrected chi connectivity index (χ3v) is 2.37. The summed E-state index contributed by atoms with van der Waals surface area (Å²) in [6.45, 7) is 3.19. The van der Waals surface area contributed by atoms with Gasteiger partial charge in [-0.25, -0.2) is 5.43 Å². The van der Waals surface area contributed by atoms with Crippen LogP contribution in [-0.4, -0.2) is 25.9 Å². The SMILES string of the molecule is CCc1c(-c2ccc([N+](=O)[O-])o2)nnn1NC(C)=O. The fourth-order valence-electron chi connectivity index (χ4n) is 1.60. The number of furan rings is 1. The number of carbonyl (C=O) groups excluding carboxylic acids is 1. The minimum absolute atomic E-state index is 0.236. The molecule has 1 amide bonds. The van der Waals surface area contributed by atoms with Crippen molar-refractivity contribution in [3.8, 4) is 11.5 Å². The van der Waals surface area contributed by atoms with Crippen LogP contribution in [0.3, 0.4) is 0 Å². The van der Waals surface area contributed by atoms with Crippen LogP contribution in [0.2, 0.25) is 0 Å². The van der Waals surface area contributed by atoms with Crippen LogP contribution in [0.15, 0.2) is 16.5 Å². The summed E-state index contributed by atoms with van der Waals surface area (Å²) < 4.78 is 5.06. The molecule has 0 aliphatic rings. The van der Waals surface area contributed by atoms with E-state index in [9.17, 15) is 14.9 Å². The fraction of sp³-hybridized carbons (Fsp3) is 0.300. The Labute approximate surface area is 107 Å². The number of nitrogens with zero attached hydrogens (tertiary/aromatic N) is 4. The van der Waals surface area contributed by atoms with Gasteiger partial charge in [0.2, 0.25) is 5.91 Å². The minimum atomic E-state index is -0.632. The second-order valence-electron chi connectivity index (χ2n) is 3.71. The van der Waals surface area contributed by atoms with E-state index < -0.39 is 4.92 Å². The zero-order valence-corrected chi connectivity index (χ0v) is 10.3. The molecule has 9 nitrogen and oxygen atoms in total. The van der Waals surface area contributed by atoms with Crippen molar-refractivity contribution in [3.05, 3.63) is 27.9 Å². The van der Waals surface area contributed by atoms with Crippen LogP contribution in [0.1, 0.15) is 19.5 Å². The summed E-state index contributed by atoms with van der Waals surface area (Å²) in [7, 11) is 0. The average molecular weight is 265 g/mol. The molecule has 0 spiro atoms. The van der Waals surface area contributed by atoms with Crippen molar-refractivity contribution in [2.75, 3.05) is 5.43 Å². The van der Waals surface area contributed by atoms with Crippen molar-refractivity contribution in [2.45, 2.75) is 20.3 Å². The summed E-state index contributed by atoms with van der Waals surface area (Å²) in [6, 6.07) is 2.69. The van der Waals surface area contributed by atoms with Crippen molar-refractivity contribution in [1.82, 2.24) is 15.1 Å². The average Bonchev–Trinajstić information content (AvgIpc) is 2.93. The van der Waals surface area contributed by atoms with Gasteiger partial charge in [0.15, 0.2) is 11.5 Å². The molecule has 2 rings (SSSR count). The van der Waals surface area contributed by atoms with E-state index in [1.165, 1.54) is 23.8 Å². The van der Waals surface area contributed by atoms with Crippen LogP contribution < -0.4 is 5.43 Å². The highest BCUT2D eigenvalue weighted by Crippen LogP contribution is 2.26. The third kappa shape index (κ3) is 2.44. The van der Waals surface area contributed by atoms with Gasteiger partial charge in [0.25, 0.3) is 0 Å². The van der Waals surface area contributed by atoms with E-state index in [1.807, 2.05) is 6.92 Å². The number of aromatic nitrogens is 3. The van der Waals surface area contributed by atoms with E-state index in [-0.39, 0.29) is 17.6 Å². The van der Waals surface area contributed by atoms with Crippen LogP contribution in [-0.2, 0) is 11.2 Å². The molecule has 0 fully saturated rings. The standard InChI is InChI=1S/C10H11N5O4/c1-3-7-10(11-13-14(7)12-6(2)16)8-4-5-9(19-8)15(17)18/h4-5H,3H2,1-2H3,(H,12,16). The van der Waals surface area contributed by atoms with Gasteiger partial charge in [-0.2, -0.15) is 4.79 Å². The van der Waals surface area contributed by atoms with E-state index in [0.29, 0.717) is 17.8 Å². The number of nitro groups is 1. The predicted octanol–water partition coefficient (Wildman–Crippen LogP) is 1.10. The monoisotopic (exact) mass is 265 g/mol. The molecule has 0 bridgehead atoms. The lowest BCUT2D eigenvalue weighted by molar-refractivity contribution is -0.401. The maximum atomic E-state index is 11.0. The first-order chi connectivity index (χ1) is 9.02. The first-order valence-corrected chi connectivity index (χ1v) is 5.49. The molecule has 100 valence electrons. The molecule has 1 N–H and O–H groups in total. The number of hydrogen-bond acceptors (Lipinski definition) is 6. The van der Waals surface area contributed by atoms with Crippen molar-refractivity contribution in [3.63, 3.8) is 0 Å². The van der Waals surface area contributed by atoms with E-state index in [2.05, 4.69) is 15.7 Å². The maximum Gasteiger partial charge on any atom is 0.433 e. The Morgan fingerprint density at radius 3 is 2.84 bits per heavy atom. The summed E-state index contributed by atoms with van der Waals surface area (Å²) in [5.41, 5.74) is 3.43. The van der Waals surface area contributed by atoms with Crippen LogP contribution in [0.4, 0.5) is 5.88 Å². The Bertz CT molecular complexity index is 630. The Morgan fingerprint density at radius 2 is 2.32 bits per heavy atom. The van der Waals surface area contributed by atoms with Gasteiger partial charge in [-0.15, -0.1) is 5.10 Å². The molecule has 2 heterocycles. The second kappa shape index (κ2) is 4.88. The molecular weight excluding hydrogens is 254 g/mol. The number of nitrogens with one attached hydrogen (secondary N) is 1. The molecule has 0 aromatic carbocycles. The molecule has 0 atom stereocenters. The normalized spacial score (nSPS) is 10.4. The van der Waals surface area contributed by atoms with Crippen molar-refractivity contribution < 1.29 is 14.1 Å². The van der Waals surface area contributed by atoms with Gasteiger partial charge >= 0.3 is 5.88 Å². The van der Waals surface area contributed by atoms with Gasteiger partial charge in [-0.3, -0.25) is 14.9 Å². The topological polar surface area (TPSA) is 116 Å². The van der Waals surface area contributed by atoms with Crippen LogP contribution in [0.25, 0.3) is 11.5 Å². The van der Waals surface area contributed by atoms with Crippen LogP contribution in [0, 0.1) is 10.1 Å². The molecule has 0 aliphatic carbocycles. The van der Waals surface area contributed by atoms with Gasteiger partial charge in [-0.1, -0.05) is 6.92 Å². The molecule has 9 heteroatoms. The first-order valence-electron chi connectivity index (χ1n) is 5.49. The smallest absolute Gasteiger partial charge is 0.399 e. The minimum Gasteiger partial charge on any atom is -0.399 e. The van der Waals surface area contributed by atoms with Gasteiger partial charge < -0.3 is 4.42 Å². The Kier molecular flexibility index (Phi) is 3.27. The molecule has 0 radical (unpaired) electrons. The van der Waals surface area contributed by atoms with Gasteiger partial charge in [-0.05, 0) is 17.7 Å². The second-order valence-corrected chi connectivity index (χ2v) is 3.71. The highest BCUT2D eigenvalue weighted by atomic mass is 16.6. The van der Waals surface area contributed by atoms with E-state index in [1.54, 1.807) is 0 Å². The molecule has 0 unspecified atom stereocenters. The molecule has 0 saturated heterocycles. The fourth-order valence-corrected chi connectivity index (χ4v) is 1.60. The van der Waals surface area contributed by atoms with E-state index in [0.717, 1.165) is 0 Å². The summed E-state index contributed by atoms with van der Waals surface area (Å²) in [4.78, 5) is 22.2. The Hall–Kier alpha value is -2.71. The number of carbonyl (C=O) groups is 1. The van der Waals surface area contributed by atoms with Gasteiger partial charge in [0, 0.05) is 6.92 Å². The van der Waals surface area contributed by atoms with Crippen molar-refractivity contribution in [1.29, 1.82) is 0 Å². The summed E-state index contributed by atoms with van der Waals surface area (Å²) in [5, 5.41) is 18.2. The zero-order chi connectivity index (χ0) is 14.0. The molecule has 2 aromatic rings. The van der Waals surface area contributed by atoms with E-state index >= 15 is 0 Å². The maximum absolute atomic E-state index is 11.0. The van der Waals surface area contributed by atoms with Gasteiger partial charge in [0.1, 0.15) is 4.92 Å². The van der Waals surface area contributed by atoms with Crippen LogP contribution >= 0.6 is 0 Å². The third-order valence-electron chi connectivity index (χ3n) is 2.37. The Balaban J connectivity index is 2.41. The lowest BCUT2D eigenvalue weighted by Crippen LogP contribution is -2.23. The lowest BCUT2D eigenvalue weighted by atomic mass is 10.2. The van der Waals surface area contributed by atoms with Gasteiger partial charge in [0.05, 0.1) is 11.8 Å². The lowest BCUT2D eigenvalue weighted by Gasteiger charge is -2.04.